The lowest BCUT2D eigenvalue weighted by atomic mass is 9.99. The van der Waals surface area contributed by atoms with Crippen LogP contribution in [-0.4, -0.2) is 24.3 Å². The van der Waals surface area contributed by atoms with Gasteiger partial charge in [-0.25, -0.2) is 0 Å². The third-order valence-electron chi connectivity index (χ3n) is 6.23. The summed E-state index contributed by atoms with van der Waals surface area (Å²) in [5, 5.41) is 4.62. The number of hydrogen-bond donors (Lipinski definition) is 0. The highest BCUT2D eigenvalue weighted by atomic mass is 16.1. The van der Waals surface area contributed by atoms with Gasteiger partial charge in [-0.1, -0.05) is 24.3 Å². The number of nitrogens with zero attached hydrogens (tertiary/aromatic N) is 5. The minimum atomic E-state index is -0.0161. The fourth-order valence-electron chi connectivity index (χ4n) is 4.79. The van der Waals surface area contributed by atoms with Gasteiger partial charge in [-0.15, -0.1) is 0 Å². The van der Waals surface area contributed by atoms with Crippen LogP contribution >= 0.6 is 0 Å². The lowest BCUT2D eigenvalue weighted by Crippen LogP contribution is -2.12. The van der Waals surface area contributed by atoms with Crippen LogP contribution < -0.4 is 5.56 Å². The van der Waals surface area contributed by atoms with E-state index in [1.165, 1.54) is 0 Å². The number of benzene rings is 3. The fourth-order valence-corrected chi connectivity index (χ4v) is 4.79. The van der Waals surface area contributed by atoms with Crippen molar-refractivity contribution < 1.29 is 0 Å². The molecule has 0 fully saturated rings. The van der Waals surface area contributed by atoms with Gasteiger partial charge in [0.2, 0.25) is 0 Å². The van der Waals surface area contributed by atoms with E-state index in [2.05, 4.69) is 38.1 Å². The second kappa shape index (κ2) is 6.64. The zero-order chi connectivity index (χ0) is 21.9. The molecule has 7 rings (SSSR count). The van der Waals surface area contributed by atoms with E-state index in [0.717, 1.165) is 55.1 Å². The molecule has 0 N–H and O–H groups in total. The van der Waals surface area contributed by atoms with E-state index in [1.54, 1.807) is 37.2 Å². The van der Waals surface area contributed by atoms with E-state index >= 15 is 0 Å². The van der Waals surface area contributed by atoms with Crippen LogP contribution in [0.2, 0.25) is 0 Å². The van der Waals surface area contributed by atoms with Gasteiger partial charge in [-0.05, 0) is 35.7 Å². The SMILES string of the molecule is O=c1c2ccccc2c2cc(-c3cnccn3)cc3c4cc(-c5cnccn5)ccc4n1c23. The molecule has 0 aliphatic rings. The molecule has 0 amide bonds. The van der Waals surface area contributed by atoms with Gasteiger partial charge in [0, 0.05) is 57.5 Å². The first kappa shape index (κ1) is 17.9. The Balaban J connectivity index is 1.71. The third-order valence-corrected chi connectivity index (χ3v) is 6.23. The molecule has 6 heteroatoms. The summed E-state index contributed by atoms with van der Waals surface area (Å²) in [4.78, 5) is 31.0. The molecule has 0 radical (unpaired) electrons. The largest absolute Gasteiger partial charge is 0.275 e. The summed E-state index contributed by atoms with van der Waals surface area (Å²) in [5.74, 6) is 0. The van der Waals surface area contributed by atoms with Crippen molar-refractivity contribution in [2.45, 2.75) is 0 Å². The van der Waals surface area contributed by atoms with Crippen LogP contribution in [0.1, 0.15) is 0 Å². The third kappa shape index (κ3) is 2.52. The average molecular weight is 425 g/mol. The van der Waals surface area contributed by atoms with Crippen molar-refractivity contribution in [3.8, 4) is 22.5 Å². The number of hydrogen-bond acceptors (Lipinski definition) is 5. The first-order valence-corrected chi connectivity index (χ1v) is 10.6. The van der Waals surface area contributed by atoms with Gasteiger partial charge in [0.25, 0.3) is 5.56 Å². The predicted molar refractivity (Wildman–Crippen MR) is 129 cm³/mol. The Morgan fingerprint density at radius 1 is 0.606 bits per heavy atom. The summed E-state index contributed by atoms with van der Waals surface area (Å²) in [5.41, 5.74) is 5.25. The molecule has 33 heavy (non-hydrogen) atoms. The van der Waals surface area contributed by atoms with Crippen LogP contribution in [0.5, 0.6) is 0 Å². The molecular weight excluding hydrogens is 410 g/mol. The molecule has 0 saturated heterocycles. The van der Waals surface area contributed by atoms with E-state index < -0.39 is 0 Å². The maximum absolute atomic E-state index is 13.6. The minimum Gasteiger partial charge on any atom is -0.275 e. The maximum Gasteiger partial charge on any atom is 0.263 e. The number of pyridine rings is 1. The fraction of sp³-hybridized carbons (Fsp3) is 0. The second-order valence-electron chi connectivity index (χ2n) is 8.02. The van der Waals surface area contributed by atoms with Gasteiger partial charge in [0.15, 0.2) is 0 Å². The van der Waals surface area contributed by atoms with Crippen molar-refractivity contribution in [2.24, 2.45) is 0 Å². The summed E-state index contributed by atoms with van der Waals surface area (Å²) >= 11 is 0. The highest BCUT2D eigenvalue weighted by Gasteiger charge is 2.19. The molecule has 0 unspecified atom stereocenters. The highest BCUT2D eigenvalue weighted by Crippen LogP contribution is 2.38. The molecule has 0 saturated carbocycles. The maximum atomic E-state index is 13.6. The summed E-state index contributed by atoms with van der Waals surface area (Å²) in [6.07, 6.45) is 10.2. The molecule has 4 heterocycles. The van der Waals surface area contributed by atoms with E-state index in [1.807, 2.05) is 40.8 Å². The Labute approximate surface area is 187 Å². The molecule has 0 bridgehead atoms. The van der Waals surface area contributed by atoms with Crippen molar-refractivity contribution in [1.29, 1.82) is 0 Å². The van der Waals surface area contributed by atoms with Gasteiger partial charge in [0.1, 0.15) is 0 Å². The van der Waals surface area contributed by atoms with Crippen molar-refractivity contribution in [1.82, 2.24) is 24.3 Å². The molecule has 0 aliphatic heterocycles. The van der Waals surface area contributed by atoms with Crippen molar-refractivity contribution in [2.75, 3.05) is 0 Å². The molecule has 0 spiro atoms. The van der Waals surface area contributed by atoms with Crippen LogP contribution in [0.15, 0.2) is 96.6 Å². The van der Waals surface area contributed by atoms with Crippen LogP contribution in [0.3, 0.4) is 0 Å². The summed E-state index contributed by atoms with van der Waals surface area (Å²) in [6.45, 7) is 0. The van der Waals surface area contributed by atoms with Crippen molar-refractivity contribution in [3.63, 3.8) is 0 Å². The molecular formula is C27H15N5O. The number of rotatable bonds is 2. The Morgan fingerprint density at radius 3 is 1.94 bits per heavy atom. The molecule has 154 valence electrons. The second-order valence-corrected chi connectivity index (χ2v) is 8.02. The first-order valence-electron chi connectivity index (χ1n) is 10.6. The van der Waals surface area contributed by atoms with Gasteiger partial charge < -0.3 is 0 Å². The molecule has 7 aromatic rings. The van der Waals surface area contributed by atoms with Gasteiger partial charge in [0.05, 0.1) is 34.8 Å². The molecule has 3 aromatic carbocycles. The lowest BCUT2D eigenvalue weighted by Gasteiger charge is -2.08. The summed E-state index contributed by atoms with van der Waals surface area (Å²) in [7, 11) is 0. The normalized spacial score (nSPS) is 11.8. The summed E-state index contributed by atoms with van der Waals surface area (Å²) < 4.78 is 1.84. The van der Waals surface area contributed by atoms with E-state index in [4.69, 9.17) is 0 Å². The van der Waals surface area contributed by atoms with Crippen molar-refractivity contribution >= 4 is 38.0 Å². The first-order chi connectivity index (χ1) is 16.3. The van der Waals surface area contributed by atoms with Crippen LogP contribution in [0, 0.1) is 0 Å². The number of aromatic nitrogens is 5. The van der Waals surface area contributed by atoms with Crippen LogP contribution in [0.25, 0.3) is 60.5 Å². The van der Waals surface area contributed by atoms with E-state index in [-0.39, 0.29) is 5.56 Å². The van der Waals surface area contributed by atoms with E-state index in [0.29, 0.717) is 5.39 Å². The quantitative estimate of drug-likeness (QED) is 0.360. The van der Waals surface area contributed by atoms with Gasteiger partial charge >= 0.3 is 0 Å². The smallest absolute Gasteiger partial charge is 0.263 e. The average Bonchev–Trinajstić information content (AvgIpc) is 3.22. The van der Waals surface area contributed by atoms with Gasteiger partial charge in [-0.2, -0.15) is 0 Å². The lowest BCUT2D eigenvalue weighted by molar-refractivity contribution is 1.20. The highest BCUT2D eigenvalue weighted by molar-refractivity contribution is 6.21. The summed E-state index contributed by atoms with van der Waals surface area (Å²) in [6, 6.07) is 18.1. The molecule has 0 aliphatic carbocycles. The van der Waals surface area contributed by atoms with Gasteiger partial charge in [-0.3, -0.25) is 29.1 Å². The van der Waals surface area contributed by atoms with E-state index in [9.17, 15) is 4.79 Å². The minimum absolute atomic E-state index is 0.0161. The standard InChI is InChI=1S/C27H15N5O/c33-27-19-4-2-1-3-18(19)21-12-17(24-15-29-8-10-31-24)13-22-20-11-16(23-14-28-7-9-30-23)5-6-25(20)32(27)26(21)22/h1-15H. The molecule has 4 aromatic heterocycles. The molecule has 6 nitrogen and oxygen atoms in total. The monoisotopic (exact) mass is 425 g/mol. The van der Waals surface area contributed by atoms with Crippen LogP contribution in [0.4, 0.5) is 0 Å². The zero-order valence-corrected chi connectivity index (χ0v) is 17.3. The Hall–Kier alpha value is -4.71. The zero-order valence-electron chi connectivity index (χ0n) is 17.3. The number of fused-ring (bicyclic) bond motifs is 5. The Morgan fingerprint density at radius 2 is 1.24 bits per heavy atom. The van der Waals surface area contributed by atoms with Crippen molar-refractivity contribution in [3.05, 3.63) is 102 Å². The predicted octanol–water partition coefficient (Wildman–Crippen LogP) is 5.11. The molecule has 0 atom stereocenters. The topological polar surface area (TPSA) is 73.0 Å². The Bertz CT molecular complexity index is 1880. The van der Waals surface area contributed by atoms with Crippen LogP contribution in [-0.2, 0) is 0 Å². The Kier molecular flexibility index (Phi) is 3.61.